The van der Waals surface area contributed by atoms with Crippen molar-refractivity contribution in [3.05, 3.63) is 59.7 Å². The van der Waals surface area contributed by atoms with E-state index in [2.05, 4.69) is 24.4 Å². The van der Waals surface area contributed by atoms with E-state index in [1.54, 1.807) is 12.1 Å². The van der Waals surface area contributed by atoms with Crippen molar-refractivity contribution in [2.75, 3.05) is 5.32 Å². The molecule has 0 unspecified atom stereocenters. The summed E-state index contributed by atoms with van der Waals surface area (Å²) < 4.78 is 0. The number of para-hydroxylation sites is 1. The van der Waals surface area contributed by atoms with E-state index in [4.69, 9.17) is 5.11 Å². The summed E-state index contributed by atoms with van der Waals surface area (Å²) in [5.74, 6) is 0.305. The van der Waals surface area contributed by atoms with Gasteiger partial charge in [0.15, 0.2) is 0 Å². The molecule has 2 aromatic rings. The van der Waals surface area contributed by atoms with Crippen molar-refractivity contribution in [2.24, 2.45) is 0 Å². The van der Waals surface area contributed by atoms with Gasteiger partial charge in [0, 0.05) is 12.2 Å². The molecule has 0 bridgehead atoms. The highest BCUT2D eigenvalue weighted by molar-refractivity contribution is 5.50. The van der Waals surface area contributed by atoms with Gasteiger partial charge in [-0.15, -0.1) is 0 Å². The molecule has 0 aromatic heterocycles. The van der Waals surface area contributed by atoms with Crippen molar-refractivity contribution >= 4 is 5.69 Å². The van der Waals surface area contributed by atoms with Crippen LogP contribution in [-0.2, 0) is 6.54 Å². The van der Waals surface area contributed by atoms with E-state index < -0.39 is 0 Å². The number of phenolic OH excluding ortho intramolecular Hbond substituents is 1. The van der Waals surface area contributed by atoms with Gasteiger partial charge in [0.05, 0.1) is 0 Å². The van der Waals surface area contributed by atoms with Gasteiger partial charge in [0.1, 0.15) is 5.75 Å². The van der Waals surface area contributed by atoms with Crippen LogP contribution in [0.4, 0.5) is 5.69 Å². The number of hydrogen-bond acceptors (Lipinski definition) is 2. The number of aryl methyl sites for hydroxylation is 1. The molecular weight excluding hydrogens is 198 g/mol. The summed E-state index contributed by atoms with van der Waals surface area (Å²) in [6, 6.07) is 15.4. The van der Waals surface area contributed by atoms with Crippen LogP contribution >= 0.6 is 0 Å². The van der Waals surface area contributed by atoms with Gasteiger partial charge < -0.3 is 10.4 Å². The zero-order valence-corrected chi connectivity index (χ0v) is 9.27. The Hall–Kier alpha value is -1.96. The fourth-order valence-electron chi connectivity index (χ4n) is 1.58. The quantitative estimate of drug-likeness (QED) is 0.819. The van der Waals surface area contributed by atoms with Crippen molar-refractivity contribution < 1.29 is 5.11 Å². The second-order valence-corrected chi connectivity index (χ2v) is 3.83. The Labute approximate surface area is 95.6 Å². The normalized spacial score (nSPS) is 10.1. The lowest BCUT2D eigenvalue weighted by atomic mass is 10.2. The summed E-state index contributed by atoms with van der Waals surface area (Å²) in [5, 5.41) is 12.5. The molecule has 2 aromatic carbocycles. The van der Waals surface area contributed by atoms with Gasteiger partial charge in [-0.1, -0.05) is 30.3 Å². The first kappa shape index (κ1) is 10.6. The van der Waals surface area contributed by atoms with Crippen LogP contribution in [0, 0.1) is 6.92 Å². The van der Waals surface area contributed by atoms with Gasteiger partial charge in [0.2, 0.25) is 0 Å². The topological polar surface area (TPSA) is 32.3 Å². The minimum Gasteiger partial charge on any atom is -0.508 e. The Morgan fingerprint density at radius 2 is 1.69 bits per heavy atom. The fourth-order valence-corrected chi connectivity index (χ4v) is 1.58. The highest BCUT2D eigenvalue weighted by Crippen LogP contribution is 2.15. The standard InChI is InChI=1S/C14H15NO/c1-11-4-2-3-5-14(11)15-10-12-6-8-13(16)9-7-12/h2-9,15-16H,10H2,1H3. The largest absolute Gasteiger partial charge is 0.508 e. The van der Waals surface area contributed by atoms with E-state index in [0.717, 1.165) is 17.8 Å². The summed E-state index contributed by atoms with van der Waals surface area (Å²) in [4.78, 5) is 0. The Bertz CT molecular complexity index is 462. The van der Waals surface area contributed by atoms with E-state index in [0.29, 0.717) is 5.75 Å². The molecule has 0 amide bonds. The van der Waals surface area contributed by atoms with Gasteiger partial charge >= 0.3 is 0 Å². The van der Waals surface area contributed by atoms with Gasteiger partial charge in [-0.05, 0) is 36.2 Å². The van der Waals surface area contributed by atoms with Crippen LogP contribution in [0.5, 0.6) is 5.75 Å². The Morgan fingerprint density at radius 1 is 1.00 bits per heavy atom. The van der Waals surface area contributed by atoms with Crippen molar-refractivity contribution in [3.63, 3.8) is 0 Å². The molecule has 16 heavy (non-hydrogen) atoms. The third kappa shape index (κ3) is 2.54. The maximum Gasteiger partial charge on any atom is 0.115 e. The number of anilines is 1. The molecule has 2 rings (SSSR count). The second-order valence-electron chi connectivity index (χ2n) is 3.83. The van der Waals surface area contributed by atoms with Crippen LogP contribution in [0.15, 0.2) is 48.5 Å². The first-order valence-electron chi connectivity index (χ1n) is 5.33. The maximum atomic E-state index is 9.17. The molecule has 2 heteroatoms. The molecular formula is C14H15NO. The minimum absolute atomic E-state index is 0.305. The summed E-state index contributed by atoms with van der Waals surface area (Å²) in [5.41, 5.74) is 3.54. The van der Waals surface area contributed by atoms with E-state index in [9.17, 15) is 0 Å². The lowest BCUT2D eigenvalue weighted by Crippen LogP contribution is -2.00. The van der Waals surface area contributed by atoms with Crippen LogP contribution in [0.25, 0.3) is 0 Å². The highest BCUT2D eigenvalue weighted by atomic mass is 16.3. The van der Waals surface area contributed by atoms with Crippen LogP contribution in [-0.4, -0.2) is 5.11 Å². The van der Waals surface area contributed by atoms with Gasteiger partial charge in [-0.2, -0.15) is 0 Å². The Kier molecular flexibility index (Phi) is 3.10. The molecule has 0 saturated heterocycles. The molecule has 2 nitrogen and oxygen atoms in total. The molecule has 0 aliphatic heterocycles. The lowest BCUT2D eigenvalue weighted by molar-refractivity contribution is 0.475. The predicted octanol–water partition coefficient (Wildman–Crippen LogP) is 3.31. The Morgan fingerprint density at radius 3 is 2.38 bits per heavy atom. The molecule has 82 valence electrons. The second kappa shape index (κ2) is 4.71. The van der Waals surface area contributed by atoms with Crippen LogP contribution in [0.2, 0.25) is 0 Å². The minimum atomic E-state index is 0.305. The monoisotopic (exact) mass is 213 g/mol. The SMILES string of the molecule is Cc1ccccc1NCc1ccc(O)cc1. The summed E-state index contributed by atoms with van der Waals surface area (Å²) in [6.45, 7) is 2.85. The molecule has 0 spiro atoms. The number of phenols is 1. The third-order valence-corrected chi connectivity index (χ3v) is 2.56. The first-order valence-corrected chi connectivity index (χ1v) is 5.33. The number of aromatic hydroxyl groups is 1. The third-order valence-electron chi connectivity index (χ3n) is 2.56. The predicted molar refractivity (Wildman–Crippen MR) is 66.6 cm³/mol. The molecule has 0 aliphatic carbocycles. The summed E-state index contributed by atoms with van der Waals surface area (Å²) in [6.07, 6.45) is 0. The van der Waals surface area contributed by atoms with Crippen molar-refractivity contribution in [2.45, 2.75) is 13.5 Å². The van der Waals surface area contributed by atoms with E-state index >= 15 is 0 Å². The maximum absolute atomic E-state index is 9.17. The van der Waals surface area contributed by atoms with Gasteiger partial charge in [-0.3, -0.25) is 0 Å². The van der Waals surface area contributed by atoms with Gasteiger partial charge in [0.25, 0.3) is 0 Å². The summed E-state index contributed by atoms with van der Waals surface area (Å²) in [7, 11) is 0. The Balaban J connectivity index is 2.02. The molecule has 0 fully saturated rings. The average molecular weight is 213 g/mol. The molecule has 0 radical (unpaired) electrons. The van der Waals surface area contributed by atoms with Gasteiger partial charge in [-0.25, -0.2) is 0 Å². The summed E-state index contributed by atoms with van der Waals surface area (Å²) >= 11 is 0. The molecule has 2 N–H and O–H groups in total. The van der Waals surface area contributed by atoms with E-state index in [-0.39, 0.29) is 0 Å². The van der Waals surface area contributed by atoms with Crippen LogP contribution in [0.3, 0.4) is 0 Å². The smallest absolute Gasteiger partial charge is 0.115 e. The highest BCUT2D eigenvalue weighted by Gasteiger charge is 1.96. The molecule has 0 heterocycles. The molecule has 0 atom stereocenters. The zero-order chi connectivity index (χ0) is 11.4. The molecule has 0 saturated carbocycles. The van der Waals surface area contributed by atoms with Crippen molar-refractivity contribution in [1.29, 1.82) is 0 Å². The van der Waals surface area contributed by atoms with Crippen LogP contribution < -0.4 is 5.32 Å². The average Bonchev–Trinajstić information content (AvgIpc) is 2.30. The van der Waals surface area contributed by atoms with Crippen LogP contribution in [0.1, 0.15) is 11.1 Å². The number of nitrogens with one attached hydrogen (secondary N) is 1. The molecule has 0 aliphatic rings. The van der Waals surface area contributed by atoms with E-state index in [1.807, 2.05) is 24.3 Å². The fraction of sp³-hybridized carbons (Fsp3) is 0.143. The zero-order valence-electron chi connectivity index (χ0n) is 9.27. The first-order chi connectivity index (χ1) is 7.75. The number of benzene rings is 2. The van der Waals surface area contributed by atoms with E-state index in [1.165, 1.54) is 5.56 Å². The van der Waals surface area contributed by atoms with Crippen molar-refractivity contribution in [1.82, 2.24) is 0 Å². The number of hydrogen-bond donors (Lipinski definition) is 2. The van der Waals surface area contributed by atoms with Crippen molar-refractivity contribution in [3.8, 4) is 5.75 Å². The number of rotatable bonds is 3. The lowest BCUT2D eigenvalue weighted by Gasteiger charge is -2.09.